The lowest BCUT2D eigenvalue weighted by Gasteiger charge is -2.27. The number of amides is 3. The number of carboxylic acid groups (broad SMARTS) is 1. The van der Waals surface area contributed by atoms with Gasteiger partial charge >= 0.3 is 12.0 Å². The Morgan fingerprint density at radius 3 is 2.47 bits per heavy atom. The molecule has 1 unspecified atom stereocenters. The Hall–Kier alpha value is -1.59. The summed E-state index contributed by atoms with van der Waals surface area (Å²) in [6.45, 7) is 4.19. The molecule has 0 aromatic rings. The monoisotopic (exact) mass is 270 g/mol. The highest BCUT2D eigenvalue weighted by Crippen LogP contribution is 2.36. The smallest absolute Gasteiger partial charge is 0.321 e. The zero-order chi connectivity index (χ0) is 14.5. The second-order valence-corrected chi connectivity index (χ2v) is 5.70. The van der Waals surface area contributed by atoms with Gasteiger partial charge in [0.15, 0.2) is 0 Å². The van der Waals surface area contributed by atoms with E-state index in [4.69, 9.17) is 5.11 Å². The van der Waals surface area contributed by atoms with E-state index in [1.807, 2.05) is 0 Å². The average molecular weight is 270 g/mol. The molecule has 6 heteroatoms. The quantitative estimate of drug-likeness (QED) is 0.707. The predicted octanol–water partition coefficient (Wildman–Crippen LogP) is 1.65. The molecule has 0 aromatic carbocycles. The van der Waals surface area contributed by atoms with Gasteiger partial charge in [-0.2, -0.15) is 0 Å². The van der Waals surface area contributed by atoms with Gasteiger partial charge in [-0.3, -0.25) is 14.9 Å². The second kappa shape index (κ2) is 6.54. The Morgan fingerprint density at radius 1 is 1.26 bits per heavy atom. The number of carbonyl (C=O) groups excluding carboxylic acids is 2. The molecule has 0 aromatic heterocycles. The van der Waals surface area contributed by atoms with Crippen LogP contribution in [-0.4, -0.2) is 29.1 Å². The molecular weight excluding hydrogens is 248 g/mol. The van der Waals surface area contributed by atoms with E-state index in [0.717, 1.165) is 19.3 Å². The van der Waals surface area contributed by atoms with Crippen LogP contribution >= 0.6 is 0 Å². The van der Waals surface area contributed by atoms with E-state index >= 15 is 0 Å². The van der Waals surface area contributed by atoms with Crippen LogP contribution in [0.5, 0.6) is 0 Å². The van der Waals surface area contributed by atoms with Crippen molar-refractivity contribution in [1.29, 1.82) is 0 Å². The fourth-order valence-electron chi connectivity index (χ4n) is 2.38. The van der Waals surface area contributed by atoms with Crippen molar-refractivity contribution in [2.24, 2.45) is 5.41 Å². The number of carbonyl (C=O) groups is 3. The van der Waals surface area contributed by atoms with Crippen molar-refractivity contribution < 1.29 is 19.5 Å². The molecule has 108 valence electrons. The number of imide groups is 1. The standard InChI is InChI=1S/C13H22N2O4/c1-13(2)8-4-5-9(13)14-12(19)15-10(16)6-3-7-11(17)18/h9H,3-8H2,1-2H3,(H,17,18)(H2,14,15,16,19). The molecule has 0 saturated heterocycles. The summed E-state index contributed by atoms with van der Waals surface area (Å²) in [6, 6.07) is -0.403. The Bertz CT molecular complexity index is 366. The van der Waals surface area contributed by atoms with E-state index in [1.165, 1.54) is 0 Å². The summed E-state index contributed by atoms with van der Waals surface area (Å²) >= 11 is 0. The molecule has 1 fully saturated rings. The highest BCUT2D eigenvalue weighted by Gasteiger charge is 2.35. The van der Waals surface area contributed by atoms with Crippen molar-refractivity contribution in [3.05, 3.63) is 0 Å². The number of rotatable bonds is 5. The summed E-state index contributed by atoms with van der Waals surface area (Å²) in [5.41, 5.74) is 0.0592. The van der Waals surface area contributed by atoms with Gasteiger partial charge in [-0.05, 0) is 24.7 Å². The van der Waals surface area contributed by atoms with E-state index in [-0.39, 0.29) is 30.7 Å². The molecule has 0 radical (unpaired) electrons. The van der Waals surface area contributed by atoms with Crippen molar-refractivity contribution in [2.75, 3.05) is 0 Å². The fourth-order valence-corrected chi connectivity index (χ4v) is 2.38. The molecule has 0 heterocycles. The molecule has 1 aliphatic carbocycles. The highest BCUT2D eigenvalue weighted by atomic mass is 16.4. The molecule has 1 rings (SSSR count). The summed E-state index contributed by atoms with van der Waals surface area (Å²) in [5, 5.41) is 13.5. The fraction of sp³-hybridized carbons (Fsp3) is 0.769. The van der Waals surface area contributed by atoms with Crippen LogP contribution in [0.3, 0.4) is 0 Å². The summed E-state index contributed by atoms with van der Waals surface area (Å²) in [6.07, 6.45) is 3.28. The molecule has 0 spiro atoms. The number of urea groups is 1. The van der Waals surface area contributed by atoms with Gasteiger partial charge in [0.25, 0.3) is 0 Å². The number of hydrogen-bond donors (Lipinski definition) is 3. The van der Waals surface area contributed by atoms with Crippen LogP contribution in [0.4, 0.5) is 4.79 Å². The molecule has 3 N–H and O–H groups in total. The van der Waals surface area contributed by atoms with Crippen LogP contribution in [0.25, 0.3) is 0 Å². The SMILES string of the molecule is CC1(C)CCCC1NC(=O)NC(=O)CCCC(=O)O. The van der Waals surface area contributed by atoms with Crippen molar-refractivity contribution in [3.8, 4) is 0 Å². The Balaban J connectivity index is 2.27. The first kappa shape index (κ1) is 15.5. The third kappa shape index (κ3) is 5.28. The van der Waals surface area contributed by atoms with Crippen LogP contribution in [0.15, 0.2) is 0 Å². The number of carboxylic acids is 1. The lowest BCUT2D eigenvalue weighted by molar-refractivity contribution is -0.137. The molecule has 3 amide bonds. The van der Waals surface area contributed by atoms with Crippen LogP contribution < -0.4 is 10.6 Å². The van der Waals surface area contributed by atoms with Gasteiger partial charge in [0, 0.05) is 18.9 Å². The number of nitrogens with one attached hydrogen (secondary N) is 2. The lowest BCUT2D eigenvalue weighted by atomic mass is 9.87. The molecule has 1 atom stereocenters. The molecule has 19 heavy (non-hydrogen) atoms. The minimum atomic E-state index is -0.940. The van der Waals surface area contributed by atoms with Gasteiger partial charge in [0.05, 0.1) is 0 Å². The predicted molar refractivity (Wildman–Crippen MR) is 69.6 cm³/mol. The Kier molecular flexibility index (Phi) is 5.32. The van der Waals surface area contributed by atoms with Crippen molar-refractivity contribution in [2.45, 2.75) is 58.4 Å². The second-order valence-electron chi connectivity index (χ2n) is 5.70. The van der Waals surface area contributed by atoms with E-state index in [0.29, 0.717) is 0 Å². The van der Waals surface area contributed by atoms with E-state index < -0.39 is 17.9 Å². The minimum absolute atomic E-state index is 0.0494. The Labute approximate surface area is 112 Å². The van der Waals surface area contributed by atoms with Gasteiger partial charge in [0.2, 0.25) is 5.91 Å². The van der Waals surface area contributed by atoms with Crippen LogP contribution in [0, 0.1) is 5.41 Å². The van der Waals surface area contributed by atoms with Crippen molar-refractivity contribution >= 4 is 17.9 Å². The van der Waals surface area contributed by atoms with Crippen LogP contribution in [0.2, 0.25) is 0 Å². The molecular formula is C13H22N2O4. The van der Waals surface area contributed by atoms with Gasteiger partial charge in [-0.25, -0.2) is 4.79 Å². The van der Waals surface area contributed by atoms with Crippen molar-refractivity contribution in [3.63, 3.8) is 0 Å². The zero-order valence-electron chi connectivity index (χ0n) is 11.5. The molecule has 0 bridgehead atoms. The maximum atomic E-state index is 11.6. The number of aliphatic carboxylic acids is 1. The van der Waals surface area contributed by atoms with Gasteiger partial charge in [-0.15, -0.1) is 0 Å². The number of hydrogen-bond acceptors (Lipinski definition) is 3. The van der Waals surface area contributed by atoms with Crippen LogP contribution in [-0.2, 0) is 9.59 Å². The van der Waals surface area contributed by atoms with Gasteiger partial charge < -0.3 is 10.4 Å². The normalized spacial score (nSPS) is 20.8. The van der Waals surface area contributed by atoms with E-state index in [9.17, 15) is 14.4 Å². The molecule has 0 aliphatic heterocycles. The summed E-state index contributed by atoms with van der Waals surface area (Å²) in [4.78, 5) is 33.3. The van der Waals surface area contributed by atoms with Crippen molar-refractivity contribution in [1.82, 2.24) is 10.6 Å². The van der Waals surface area contributed by atoms with E-state index in [2.05, 4.69) is 24.5 Å². The Morgan fingerprint density at radius 2 is 1.95 bits per heavy atom. The summed E-state index contributed by atoms with van der Waals surface area (Å²) < 4.78 is 0. The zero-order valence-corrected chi connectivity index (χ0v) is 11.5. The van der Waals surface area contributed by atoms with E-state index in [1.54, 1.807) is 0 Å². The topological polar surface area (TPSA) is 95.5 Å². The highest BCUT2D eigenvalue weighted by molar-refractivity contribution is 5.94. The first-order valence-electron chi connectivity index (χ1n) is 6.63. The largest absolute Gasteiger partial charge is 0.481 e. The van der Waals surface area contributed by atoms with Gasteiger partial charge in [-0.1, -0.05) is 20.3 Å². The minimum Gasteiger partial charge on any atom is -0.481 e. The maximum Gasteiger partial charge on any atom is 0.321 e. The molecule has 1 saturated carbocycles. The summed E-state index contributed by atoms with van der Waals surface area (Å²) in [5.74, 6) is -1.38. The third-order valence-corrected chi connectivity index (χ3v) is 3.61. The van der Waals surface area contributed by atoms with Crippen LogP contribution in [0.1, 0.15) is 52.4 Å². The first-order chi connectivity index (χ1) is 8.81. The third-order valence-electron chi connectivity index (χ3n) is 3.61. The molecule has 1 aliphatic rings. The maximum absolute atomic E-state index is 11.6. The lowest BCUT2D eigenvalue weighted by Crippen LogP contribution is -2.48. The summed E-state index contributed by atoms with van der Waals surface area (Å²) in [7, 11) is 0. The first-order valence-corrected chi connectivity index (χ1v) is 6.63. The molecule has 6 nitrogen and oxygen atoms in total. The average Bonchev–Trinajstić information content (AvgIpc) is 2.57. The van der Waals surface area contributed by atoms with Gasteiger partial charge in [0.1, 0.15) is 0 Å².